The van der Waals surface area contributed by atoms with Crippen LogP contribution < -0.4 is 20.5 Å². The molecule has 0 aliphatic rings. The quantitative estimate of drug-likeness (QED) is 0.698. The lowest BCUT2D eigenvalue weighted by Crippen LogP contribution is -2.28. The molecule has 8 heteroatoms. The molecule has 0 saturated heterocycles. The van der Waals surface area contributed by atoms with E-state index in [2.05, 4.69) is 10.3 Å². The number of thiazole rings is 1. The van der Waals surface area contributed by atoms with Gasteiger partial charge in [-0.25, -0.2) is 4.98 Å². The minimum atomic E-state index is -0.893. The van der Waals surface area contributed by atoms with E-state index in [0.29, 0.717) is 34.3 Å². The molecule has 0 bridgehead atoms. The van der Waals surface area contributed by atoms with Crippen LogP contribution in [0.5, 0.6) is 11.5 Å². The van der Waals surface area contributed by atoms with Crippen molar-refractivity contribution in [2.45, 2.75) is 12.6 Å². The summed E-state index contributed by atoms with van der Waals surface area (Å²) in [6, 6.07) is 5.09. The molecule has 23 heavy (non-hydrogen) atoms. The van der Waals surface area contributed by atoms with Gasteiger partial charge in [-0.1, -0.05) is 0 Å². The van der Waals surface area contributed by atoms with Gasteiger partial charge in [0.05, 0.1) is 20.3 Å². The van der Waals surface area contributed by atoms with Gasteiger partial charge in [-0.3, -0.25) is 4.79 Å². The first-order chi connectivity index (χ1) is 11.1. The standard InChI is InChI=1S/C15H19N3O4S/c1-21-10-3-9(4-11(5-10)22-2)13(19)7-17-15(20)12-8-23-14(6-16)18-12/h3-5,8,13,19H,6-7,16H2,1-2H3,(H,17,20). The van der Waals surface area contributed by atoms with Gasteiger partial charge in [0.2, 0.25) is 0 Å². The van der Waals surface area contributed by atoms with E-state index in [9.17, 15) is 9.90 Å². The number of aliphatic hydroxyl groups is 1. The van der Waals surface area contributed by atoms with Crippen LogP contribution in [0.1, 0.15) is 27.2 Å². The molecule has 0 fully saturated rings. The van der Waals surface area contributed by atoms with Gasteiger partial charge in [-0.2, -0.15) is 0 Å². The van der Waals surface area contributed by atoms with Gasteiger partial charge in [0.15, 0.2) is 0 Å². The van der Waals surface area contributed by atoms with Crippen molar-refractivity contribution in [2.24, 2.45) is 5.73 Å². The van der Waals surface area contributed by atoms with E-state index in [1.807, 2.05) is 0 Å². The smallest absolute Gasteiger partial charge is 0.270 e. The number of nitrogens with one attached hydrogen (secondary N) is 1. The van der Waals surface area contributed by atoms with Crippen LogP contribution in [0.25, 0.3) is 0 Å². The Kier molecular flexibility index (Phi) is 5.91. The monoisotopic (exact) mass is 337 g/mol. The van der Waals surface area contributed by atoms with Crippen LogP contribution in [0, 0.1) is 0 Å². The molecule has 0 radical (unpaired) electrons. The molecule has 1 heterocycles. The van der Waals surface area contributed by atoms with E-state index in [1.54, 1.807) is 23.6 Å². The minimum Gasteiger partial charge on any atom is -0.497 e. The van der Waals surface area contributed by atoms with E-state index < -0.39 is 6.10 Å². The van der Waals surface area contributed by atoms with Crippen molar-refractivity contribution >= 4 is 17.2 Å². The van der Waals surface area contributed by atoms with Crippen molar-refractivity contribution < 1.29 is 19.4 Å². The highest BCUT2D eigenvalue weighted by Gasteiger charge is 2.15. The zero-order chi connectivity index (χ0) is 16.8. The Morgan fingerprint density at radius 3 is 2.52 bits per heavy atom. The topological polar surface area (TPSA) is 107 Å². The zero-order valence-electron chi connectivity index (χ0n) is 12.9. The number of carbonyl (C=O) groups is 1. The largest absolute Gasteiger partial charge is 0.497 e. The lowest BCUT2D eigenvalue weighted by Gasteiger charge is -2.14. The van der Waals surface area contributed by atoms with Gasteiger partial charge >= 0.3 is 0 Å². The van der Waals surface area contributed by atoms with Crippen LogP contribution in [0.2, 0.25) is 0 Å². The second-order valence-electron chi connectivity index (χ2n) is 4.70. The van der Waals surface area contributed by atoms with Crippen LogP contribution in [0.4, 0.5) is 0 Å². The van der Waals surface area contributed by atoms with Crippen molar-refractivity contribution in [2.75, 3.05) is 20.8 Å². The predicted molar refractivity (Wildman–Crippen MR) is 86.8 cm³/mol. The number of hydrogen-bond acceptors (Lipinski definition) is 7. The minimum absolute atomic E-state index is 0.0463. The summed E-state index contributed by atoms with van der Waals surface area (Å²) in [4.78, 5) is 16.1. The van der Waals surface area contributed by atoms with Crippen LogP contribution in [0.15, 0.2) is 23.6 Å². The summed E-state index contributed by atoms with van der Waals surface area (Å²) in [5, 5.41) is 15.2. The maximum atomic E-state index is 12.0. The van der Waals surface area contributed by atoms with Crippen molar-refractivity contribution in [3.8, 4) is 11.5 Å². The average molecular weight is 337 g/mol. The Morgan fingerprint density at radius 1 is 1.35 bits per heavy atom. The first-order valence-corrected chi connectivity index (χ1v) is 7.79. The number of aliphatic hydroxyl groups excluding tert-OH is 1. The fourth-order valence-electron chi connectivity index (χ4n) is 1.93. The average Bonchev–Trinajstić information content (AvgIpc) is 3.08. The third-order valence-electron chi connectivity index (χ3n) is 3.17. The number of carbonyl (C=O) groups excluding carboxylic acids is 1. The van der Waals surface area contributed by atoms with Gasteiger partial charge in [0, 0.05) is 24.5 Å². The molecule has 1 aromatic heterocycles. The highest BCUT2D eigenvalue weighted by Crippen LogP contribution is 2.26. The number of amides is 1. The molecule has 0 saturated carbocycles. The first kappa shape index (κ1) is 17.2. The Hall–Kier alpha value is -2.16. The molecule has 0 aliphatic carbocycles. The summed E-state index contributed by atoms with van der Waals surface area (Å²) in [5.41, 5.74) is 6.35. The number of ether oxygens (including phenoxy) is 2. The fourth-order valence-corrected chi connectivity index (χ4v) is 2.58. The van der Waals surface area contributed by atoms with Gasteiger partial charge in [-0.15, -0.1) is 11.3 Å². The molecule has 2 rings (SSSR count). The molecule has 0 spiro atoms. The Balaban J connectivity index is 2.01. The summed E-state index contributed by atoms with van der Waals surface area (Å²) in [7, 11) is 3.06. The Bertz CT molecular complexity index is 652. The lowest BCUT2D eigenvalue weighted by molar-refractivity contribution is 0.0912. The van der Waals surface area contributed by atoms with Crippen molar-refractivity contribution in [3.05, 3.63) is 39.8 Å². The number of nitrogens with two attached hydrogens (primary N) is 1. The van der Waals surface area contributed by atoms with Gasteiger partial charge in [0.25, 0.3) is 5.91 Å². The van der Waals surface area contributed by atoms with Crippen molar-refractivity contribution in [1.82, 2.24) is 10.3 Å². The van der Waals surface area contributed by atoms with Crippen LogP contribution in [-0.4, -0.2) is 36.8 Å². The summed E-state index contributed by atoms with van der Waals surface area (Å²) in [5.74, 6) is 0.781. The van der Waals surface area contributed by atoms with E-state index in [1.165, 1.54) is 25.6 Å². The summed E-state index contributed by atoms with van der Waals surface area (Å²) >= 11 is 1.33. The number of rotatable bonds is 7. The highest BCUT2D eigenvalue weighted by molar-refractivity contribution is 7.09. The summed E-state index contributed by atoms with van der Waals surface area (Å²) in [6.07, 6.45) is -0.893. The molecule has 1 atom stereocenters. The summed E-state index contributed by atoms with van der Waals surface area (Å²) < 4.78 is 10.3. The number of nitrogens with zero attached hydrogens (tertiary/aromatic N) is 1. The van der Waals surface area contributed by atoms with Crippen LogP contribution in [0.3, 0.4) is 0 Å². The lowest BCUT2D eigenvalue weighted by atomic mass is 10.1. The molecule has 0 aliphatic heterocycles. The third kappa shape index (κ3) is 4.41. The Morgan fingerprint density at radius 2 is 2.00 bits per heavy atom. The second-order valence-corrected chi connectivity index (χ2v) is 5.65. The van der Waals surface area contributed by atoms with E-state index in [0.717, 1.165) is 0 Å². The van der Waals surface area contributed by atoms with E-state index in [4.69, 9.17) is 15.2 Å². The maximum Gasteiger partial charge on any atom is 0.270 e. The van der Waals surface area contributed by atoms with E-state index >= 15 is 0 Å². The number of benzene rings is 1. The molecule has 1 amide bonds. The van der Waals surface area contributed by atoms with Gasteiger partial charge in [-0.05, 0) is 17.7 Å². The fraction of sp³-hybridized carbons (Fsp3) is 0.333. The number of hydrogen-bond donors (Lipinski definition) is 3. The molecule has 1 aromatic carbocycles. The molecular weight excluding hydrogens is 318 g/mol. The number of methoxy groups -OCH3 is 2. The van der Waals surface area contributed by atoms with Gasteiger partial charge in [0.1, 0.15) is 22.2 Å². The predicted octanol–water partition coefficient (Wildman–Crippen LogP) is 1.08. The molecule has 2 aromatic rings. The molecule has 1 unspecified atom stereocenters. The van der Waals surface area contributed by atoms with Crippen molar-refractivity contribution in [3.63, 3.8) is 0 Å². The third-order valence-corrected chi connectivity index (χ3v) is 4.04. The molecule has 7 nitrogen and oxygen atoms in total. The summed E-state index contributed by atoms with van der Waals surface area (Å²) in [6.45, 7) is 0.342. The van der Waals surface area contributed by atoms with Crippen LogP contribution >= 0.6 is 11.3 Å². The molecule has 4 N–H and O–H groups in total. The normalized spacial score (nSPS) is 11.8. The van der Waals surface area contributed by atoms with E-state index in [-0.39, 0.29) is 12.5 Å². The zero-order valence-corrected chi connectivity index (χ0v) is 13.7. The second kappa shape index (κ2) is 7.91. The number of aromatic nitrogens is 1. The first-order valence-electron chi connectivity index (χ1n) is 6.91. The highest BCUT2D eigenvalue weighted by atomic mass is 32.1. The van der Waals surface area contributed by atoms with Crippen LogP contribution in [-0.2, 0) is 6.54 Å². The van der Waals surface area contributed by atoms with Gasteiger partial charge < -0.3 is 25.6 Å². The Labute approximate surface area is 138 Å². The SMILES string of the molecule is COc1cc(OC)cc(C(O)CNC(=O)c2csc(CN)n2)c1. The van der Waals surface area contributed by atoms with Crippen molar-refractivity contribution in [1.29, 1.82) is 0 Å². The maximum absolute atomic E-state index is 12.0. The molecular formula is C15H19N3O4S. The molecule has 124 valence electrons.